The molecule has 0 unspecified atom stereocenters. The van der Waals surface area contributed by atoms with Crippen molar-refractivity contribution in [3.05, 3.63) is 23.9 Å². The molecular weight excluding hydrogens is 122 g/mol. The van der Waals surface area contributed by atoms with E-state index in [9.17, 15) is 0 Å². The SMILES string of the molecule is C=C/N=C\C(Cl)=C/C. The van der Waals surface area contributed by atoms with Gasteiger partial charge >= 0.3 is 0 Å². The van der Waals surface area contributed by atoms with Gasteiger partial charge in [-0.1, -0.05) is 24.3 Å². The first kappa shape index (κ1) is 7.44. The van der Waals surface area contributed by atoms with Gasteiger partial charge in [0.25, 0.3) is 0 Å². The van der Waals surface area contributed by atoms with E-state index in [4.69, 9.17) is 11.6 Å². The highest BCUT2D eigenvalue weighted by Gasteiger charge is 1.75. The van der Waals surface area contributed by atoms with Gasteiger partial charge in [0.2, 0.25) is 0 Å². The van der Waals surface area contributed by atoms with Crippen LogP contribution in [-0.4, -0.2) is 6.21 Å². The summed E-state index contributed by atoms with van der Waals surface area (Å²) < 4.78 is 0. The van der Waals surface area contributed by atoms with E-state index in [2.05, 4.69) is 11.6 Å². The third kappa shape index (κ3) is 3.62. The fraction of sp³-hybridized carbons (Fsp3) is 0.167. The van der Waals surface area contributed by atoms with Crippen LogP contribution in [0.4, 0.5) is 0 Å². The molecule has 0 spiro atoms. The summed E-state index contributed by atoms with van der Waals surface area (Å²) in [6.07, 6.45) is 4.73. The molecule has 0 rings (SSSR count). The zero-order valence-corrected chi connectivity index (χ0v) is 5.52. The summed E-state index contributed by atoms with van der Waals surface area (Å²) in [4.78, 5) is 3.68. The van der Waals surface area contributed by atoms with Crippen LogP contribution in [0.25, 0.3) is 0 Å². The summed E-state index contributed by atoms with van der Waals surface area (Å²) in [5, 5.41) is 0.630. The molecule has 0 bridgehead atoms. The molecule has 0 aliphatic heterocycles. The minimum atomic E-state index is 0.630. The maximum Gasteiger partial charge on any atom is 0.0546 e. The van der Waals surface area contributed by atoms with E-state index in [1.54, 1.807) is 6.08 Å². The smallest absolute Gasteiger partial charge is 0.0546 e. The normalized spacial score (nSPS) is 12.5. The van der Waals surface area contributed by atoms with Gasteiger partial charge < -0.3 is 0 Å². The predicted molar refractivity (Wildman–Crippen MR) is 38.3 cm³/mol. The van der Waals surface area contributed by atoms with E-state index in [1.807, 2.05) is 6.92 Å². The summed E-state index contributed by atoms with van der Waals surface area (Å²) in [5.74, 6) is 0. The highest BCUT2D eigenvalue weighted by atomic mass is 35.5. The largest absolute Gasteiger partial charge is 0.264 e. The highest BCUT2D eigenvalue weighted by Crippen LogP contribution is 1.94. The van der Waals surface area contributed by atoms with E-state index in [-0.39, 0.29) is 0 Å². The van der Waals surface area contributed by atoms with Crippen LogP contribution in [0.2, 0.25) is 0 Å². The average molecular weight is 130 g/mol. The first-order valence-corrected chi connectivity index (χ1v) is 2.65. The van der Waals surface area contributed by atoms with Crippen molar-refractivity contribution in [1.82, 2.24) is 0 Å². The Bertz CT molecular complexity index is 124. The van der Waals surface area contributed by atoms with Gasteiger partial charge in [-0.15, -0.1) is 0 Å². The molecule has 0 aromatic carbocycles. The van der Waals surface area contributed by atoms with Crippen molar-refractivity contribution in [2.75, 3.05) is 0 Å². The zero-order valence-electron chi connectivity index (χ0n) is 4.76. The Morgan fingerprint density at radius 3 is 2.75 bits per heavy atom. The van der Waals surface area contributed by atoms with Gasteiger partial charge in [0.05, 0.1) is 5.03 Å². The molecule has 0 heterocycles. The fourth-order valence-corrected chi connectivity index (χ4v) is 0.255. The zero-order chi connectivity index (χ0) is 6.41. The lowest BCUT2D eigenvalue weighted by Gasteiger charge is -1.78. The van der Waals surface area contributed by atoms with E-state index < -0.39 is 0 Å². The minimum absolute atomic E-state index is 0.630. The molecule has 0 N–H and O–H groups in total. The number of halogens is 1. The number of rotatable bonds is 2. The van der Waals surface area contributed by atoms with Crippen LogP contribution in [0.15, 0.2) is 28.9 Å². The van der Waals surface area contributed by atoms with Gasteiger partial charge in [0.1, 0.15) is 0 Å². The van der Waals surface area contributed by atoms with E-state index in [1.165, 1.54) is 12.4 Å². The summed E-state index contributed by atoms with van der Waals surface area (Å²) in [6.45, 7) is 5.23. The standard InChI is InChI=1S/C6H8ClN/c1-3-6(7)5-8-4-2/h3-5H,2H2,1H3/b6-3+,8-5-. The predicted octanol–water partition coefficient (Wildman–Crippen LogP) is 2.34. The Morgan fingerprint density at radius 1 is 1.75 bits per heavy atom. The average Bonchev–Trinajstić information content (AvgIpc) is 1.83. The maximum absolute atomic E-state index is 5.51. The molecule has 0 saturated heterocycles. The second-order valence-corrected chi connectivity index (χ2v) is 1.57. The molecule has 0 aromatic rings. The molecule has 0 atom stereocenters. The monoisotopic (exact) mass is 129 g/mol. The second-order valence-electron chi connectivity index (χ2n) is 1.13. The Labute approximate surface area is 54.4 Å². The molecular formula is C6H8ClN. The van der Waals surface area contributed by atoms with Crippen LogP contribution >= 0.6 is 11.6 Å². The highest BCUT2D eigenvalue weighted by molar-refractivity contribution is 6.39. The Hall–Kier alpha value is -0.560. The maximum atomic E-state index is 5.51. The van der Waals surface area contributed by atoms with E-state index in [0.717, 1.165) is 0 Å². The molecule has 0 amide bonds. The summed E-state index contributed by atoms with van der Waals surface area (Å²) >= 11 is 5.51. The number of aliphatic imine (C=N–C) groups is 1. The van der Waals surface area contributed by atoms with Crippen LogP contribution in [-0.2, 0) is 0 Å². The lowest BCUT2D eigenvalue weighted by Crippen LogP contribution is -1.67. The minimum Gasteiger partial charge on any atom is -0.264 e. The molecule has 0 aliphatic rings. The van der Waals surface area contributed by atoms with E-state index >= 15 is 0 Å². The van der Waals surface area contributed by atoms with Crippen molar-refractivity contribution in [3.63, 3.8) is 0 Å². The quantitative estimate of drug-likeness (QED) is 0.508. The number of allylic oxidation sites excluding steroid dienone is 2. The second kappa shape index (κ2) is 4.60. The molecule has 0 fully saturated rings. The third-order valence-electron chi connectivity index (χ3n) is 0.579. The molecule has 2 heteroatoms. The Kier molecular flexibility index (Phi) is 4.27. The van der Waals surface area contributed by atoms with Crippen molar-refractivity contribution >= 4 is 17.8 Å². The summed E-state index contributed by atoms with van der Waals surface area (Å²) in [5.41, 5.74) is 0. The van der Waals surface area contributed by atoms with E-state index in [0.29, 0.717) is 5.03 Å². The van der Waals surface area contributed by atoms with Crippen LogP contribution in [0.3, 0.4) is 0 Å². The molecule has 44 valence electrons. The van der Waals surface area contributed by atoms with Crippen molar-refractivity contribution in [2.24, 2.45) is 4.99 Å². The van der Waals surface area contributed by atoms with Gasteiger partial charge in [-0.2, -0.15) is 0 Å². The van der Waals surface area contributed by atoms with Crippen LogP contribution in [0, 0.1) is 0 Å². The third-order valence-corrected chi connectivity index (χ3v) is 0.895. The van der Waals surface area contributed by atoms with Gasteiger partial charge in [0, 0.05) is 12.4 Å². The lowest BCUT2D eigenvalue weighted by atomic mass is 10.5. The first-order chi connectivity index (χ1) is 3.81. The van der Waals surface area contributed by atoms with Crippen molar-refractivity contribution in [3.8, 4) is 0 Å². The number of hydrogen-bond acceptors (Lipinski definition) is 1. The summed E-state index contributed by atoms with van der Waals surface area (Å²) in [7, 11) is 0. The lowest BCUT2D eigenvalue weighted by molar-refractivity contribution is 1.61. The van der Waals surface area contributed by atoms with Crippen molar-refractivity contribution < 1.29 is 0 Å². The molecule has 0 radical (unpaired) electrons. The summed E-state index contributed by atoms with van der Waals surface area (Å²) in [6, 6.07) is 0. The molecule has 0 aliphatic carbocycles. The Morgan fingerprint density at radius 2 is 2.38 bits per heavy atom. The van der Waals surface area contributed by atoms with Crippen LogP contribution < -0.4 is 0 Å². The van der Waals surface area contributed by atoms with Gasteiger partial charge in [-0.25, -0.2) is 0 Å². The van der Waals surface area contributed by atoms with Crippen LogP contribution in [0.5, 0.6) is 0 Å². The van der Waals surface area contributed by atoms with Crippen molar-refractivity contribution in [1.29, 1.82) is 0 Å². The van der Waals surface area contributed by atoms with Crippen LogP contribution in [0.1, 0.15) is 6.92 Å². The fourth-order valence-electron chi connectivity index (χ4n) is 0.198. The molecule has 0 saturated carbocycles. The Balaban J connectivity index is 3.69. The topological polar surface area (TPSA) is 12.4 Å². The first-order valence-electron chi connectivity index (χ1n) is 2.27. The number of hydrogen-bond donors (Lipinski definition) is 0. The molecule has 0 aromatic heterocycles. The number of nitrogens with zero attached hydrogens (tertiary/aromatic N) is 1. The van der Waals surface area contributed by atoms with Gasteiger partial charge in [-0.05, 0) is 6.92 Å². The van der Waals surface area contributed by atoms with Gasteiger partial charge in [-0.3, -0.25) is 4.99 Å². The van der Waals surface area contributed by atoms with Crippen molar-refractivity contribution in [2.45, 2.75) is 6.92 Å². The van der Waals surface area contributed by atoms with Gasteiger partial charge in [0.15, 0.2) is 0 Å². The molecule has 1 nitrogen and oxygen atoms in total. The molecule has 8 heavy (non-hydrogen) atoms.